The largest absolute Gasteiger partial charge is 0.439 e. The Kier molecular flexibility index (Phi) is 3.98. The van der Waals surface area contributed by atoms with Gasteiger partial charge in [-0.05, 0) is 29.8 Å². The van der Waals surface area contributed by atoms with Crippen molar-refractivity contribution in [3.8, 4) is 17.7 Å². The average molecular weight is 307 g/mol. The molecule has 0 amide bonds. The molecule has 0 aliphatic carbocycles. The van der Waals surface area contributed by atoms with Crippen molar-refractivity contribution in [1.82, 2.24) is 4.57 Å². The number of halogens is 1. The number of nitriles is 1. The quantitative estimate of drug-likeness (QED) is 0.794. The Morgan fingerprint density at radius 2 is 1.78 bits per heavy atom. The number of nitrogen functional groups attached to an aromatic ring is 1. The van der Waals surface area contributed by atoms with Gasteiger partial charge < -0.3 is 10.5 Å². The fourth-order valence-electron chi connectivity index (χ4n) is 2.29. The van der Waals surface area contributed by atoms with Gasteiger partial charge >= 0.3 is 0 Å². The summed E-state index contributed by atoms with van der Waals surface area (Å²) >= 11 is 0. The van der Waals surface area contributed by atoms with Gasteiger partial charge in [0.2, 0.25) is 5.88 Å². The van der Waals surface area contributed by atoms with Crippen LogP contribution < -0.4 is 10.5 Å². The highest BCUT2D eigenvalue weighted by molar-refractivity contribution is 5.56. The van der Waals surface area contributed by atoms with Gasteiger partial charge in [0.25, 0.3) is 0 Å². The first-order valence-electron chi connectivity index (χ1n) is 7.04. The smallest absolute Gasteiger partial charge is 0.224 e. The van der Waals surface area contributed by atoms with E-state index in [0.717, 1.165) is 5.56 Å². The monoisotopic (exact) mass is 307 g/mol. The topological polar surface area (TPSA) is 64.0 Å². The van der Waals surface area contributed by atoms with Crippen LogP contribution in [-0.2, 0) is 6.54 Å². The zero-order valence-electron chi connectivity index (χ0n) is 12.2. The number of para-hydroxylation sites is 1. The van der Waals surface area contributed by atoms with Gasteiger partial charge in [-0.25, -0.2) is 4.39 Å². The third-order valence-electron chi connectivity index (χ3n) is 3.40. The summed E-state index contributed by atoms with van der Waals surface area (Å²) in [4.78, 5) is 0. The van der Waals surface area contributed by atoms with Crippen molar-refractivity contribution in [3.63, 3.8) is 0 Å². The van der Waals surface area contributed by atoms with Crippen LogP contribution >= 0.6 is 0 Å². The Morgan fingerprint density at radius 1 is 1.09 bits per heavy atom. The maximum absolute atomic E-state index is 13.0. The summed E-state index contributed by atoms with van der Waals surface area (Å²) in [7, 11) is 0. The lowest BCUT2D eigenvalue weighted by Gasteiger charge is -2.12. The van der Waals surface area contributed by atoms with Gasteiger partial charge in [-0.1, -0.05) is 30.3 Å². The SMILES string of the molecule is N#Cc1cc(N)c(Oc2ccccc2)n1Cc1ccc(F)cc1. The van der Waals surface area contributed by atoms with Crippen LogP contribution in [0.3, 0.4) is 0 Å². The molecule has 0 unspecified atom stereocenters. The molecule has 4 nitrogen and oxygen atoms in total. The first kappa shape index (κ1) is 14.7. The molecule has 0 spiro atoms. The van der Waals surface area contributed by atoms with Crippen LogP contribution in [-0.4, -0.2) is 4.57 Å². The van der Waals surface area contributed by atoms with Gasteiger partial charge in [-0.3, -0.25) is 4.57 Å². The lowest BCUT2D eigenvalue weighted by atomic mass is 10.2. The summed E-state index contributed by atoms with van der Waals surface area (Å²) < 4.78 is 20.5. The summed E-state index contributed by atoms with van der Waals surface area (Å²) in [5.74, 6) is 0.723. The zero-order valence-corrected chi connectivity index (χ0v) is 12.2. The van der Waals surface area contributed by atoms with Crippen molar-refractivity contribution in [2.24, 2.45) is 0 Å². The summed E-state index contributed by atoms with van der Waals surface area (Å²) in [5, 5.41) is 9.30. The summed E-state index contributed by atoms with van der Waals surface area (Å²) in [6, 6.07) is 19.0. The van der Waals surface area contributed by atoms with Gasteiger partial charge in [-0.15, -0.1) is 0 Å². The second-order valence-electron chi connectivity index (χ2n) is 5.03. The Hall–Kier alpha value is -3.26. The molecule has 0 atom stereocenters. The van der Waals surface area contributed by atoms with Crippen LogP contribution in [0.2, 0.25) is 0 Å². The molecule has 2 aromatic carbocycles. The van der Waals surface area contributed by atoms with Gasteiger partial charge in [0.15, 0.2) is 0 Å². The van der Waals surface area contributed by atoms with E-state index in [9.17, 15) is 9.65 Å². The van der Waals surface area contributed by atoms with Crippen LogP contribution in [0.25, 0.3) is 0 Å². The summed E-state index contributed by atoms with van der Waals surface area (Å²) in [6.45, 7) is 0.364. The number of aromatic nitrogens is 1. The molecule has 0 aliphatic heterocycles. The molecule has 0 radical (unpaired) electrons. The van der Waals surface area contributed by atoms with Crippen LogP contribution in [0.4, 0.5) is 10.1 Å². The number of nitrogens with zero attached hydrogens (tertiary/aromatic N) is 2. The normalized spacial score (nSPS) is 10.3. The molecule has 3 rings (SSSR count). The highest BCUT2D eigenvalue weighted by Crippen LogP contribution is 2.31. The third-order valence-corrected chi connectivity index (χ3v) is 3.40. The fourth-order valence-corrected chi connectivity index (χ4v) is 2.29. The minimum atomic E-state index is -0.304. The summed E-state index contributed by atoms with van der Waals surface area (Å²) in [5.41, 5.74) is 7.60. The molecule has 5 heteroatoms. The van der Waals surface area contributed by atoms with Crippen molar-refractivity contribution in [2.75, 3.05) is 5.73 Å². The number of hydrogen-bond donors (Lipinski definition) is 1. The molecule has 114 valence electrons. The first-order chi connectivity index (χ1) is 11.2. The van der Waals surface area contributed by atoms with Crippen LogP contribution in [0.5, 0.6) is 11.6 Å². The minimum absolute atomic E-state index is 0.304. The molecular weight excluding hydrogens is 293 g/mol. The Labute approximate surface area is 133 Å². The molecular formula is C18H14FN3O. The predicted molar refractivity (Wildman–Crippen MR) is 85.6 cm³/mol. The maximum Gasteiger partial charge on any atom is 0.224 e. The molecule has 0 aliphatic rings. The van der Waals surface area contributed by atoms with E-state index in [1.54, 1.807) is 34.9 Å². The fraction of sp³-hybridized carbons (Fsp3) is 0.0556. The molecule has 0 saturated carbocycles. The Bertz CT molecular complexity index is 848. The van der Waals surface area contributed by atoms with E-state index >= 15 is 0 Å². The minimum Gasteiger partial charge on any atom is -0.439 e. The number of rotatable bonds is 4. The van der Waals surface area contributed by atoms with Crippen molar-refractivity contribution in [3.05, 3.63) is 77.7 Å². The van der Waals surface area contributed by atoms with Crippen LogP contribution in [0, 0.1) is 17.1 Å². The van der Waals surface area contributed by atoms with Crippen molar-refractivity contribution in [2.45, 2.75) is 6.54 Å². The van der Waals surface area contributed by atoms with Gasteiger partial charge in [0, 0.05) is 6.07 Å². The first-order valence-corrected chi connectivity index (χ1v) is 7.04. The maximum atomic E-state index is 13.0. The zero-order chi connectivity index (χ0) is 16.2. The van der Waals surface area contributed by atoms with Gasteiger partial charge in [0.05, 0.1) is 12.2 Å². The predicted octanol–water partition coefficient (Wildman–Crippen LogP) is 3.92. The Morgan fingerprint density at radius 3 is 2.43 bits per heavy atom. The van der Waals surface area contributed by atoms with Crippen molar-refractivity contribution in [1.29, 1.82) is 5.26 Å². The molecule has 1 heterocycles. The van der Waals surface area contributed by atoms with E-state index in [1.807, 2.05) is 18.2 Å². The lowest BCUT2D eigenvalue weighted by molar-refractivity contribution is 0.437. The van der Waals surface area contributed by atoms with E-state index in [-0.39, 0.29) is 5.82 Å². The highest BCUT2D eigenvalue weighted by atomic mass is 19.1. The van der Waals surface area contributed by atoms with Crippen molar-refractivity contribution >= 4 is 5.69 Å². The van der Waals surface area contributed by atoms with Gasteiger partial charge in [0.1, 0.15) is 23.3 Å². The second kappa shape index (κ2) is 6.24. The number of anilines is 1. The molecule has 0 fully saturated rings. The molecule has 1 aromatic heterocycles. The highest BCUT2D eigenvalue weighted by Gasteiger charge is 2.15. The molecule has 0 saturated heterocycles. The molecule has 2 N–H and O–H groups in total. The molecule has 23 heavy (non-hydrogen) atoms. The van der Waals surface area contributed by atoms with E-state index in [2.05, 4.69) is 6.07 Å². The van der Waals surface area contributed by atoms with E-state index < -0.39 is 0 Å². The number of ether oxygens (including phenoxy) is 1. The van der Waals surface area contributed by atoms with Gasteiger partial charge in [-0.2, -0.15) is 5.26 Å². The molecule has 0 bridgehead atoms. The third kappa shape index (κ3) is 3.16. The van der Waals surface area contributed by atoms with Crippen molar-refractivity contribution < 1.29 is 9.13 Å². The van der Waals surface area contributed by atoms with Crippen LogP contribution in [0.15, 0.2) is 60.7 Å². The lowest BCUT2D eigenvalue weighted by Crippen LogP contribution is -2.05. The number of hydrogen-bond acceptors (Lipinski definition) is 3. The molecule has 3 aromatic rings. The standard InChI is InChI=1S/C18H14FN3O/c19-14-8-6-13(7-9-14)12-22-15(11-20)10-17(21)18(22)23-16-4-2-1-3-5-16/h1-10H,12,21H2. The average Bonchev–Trinajstić information content (AvgIpc) is 2.86. The van der Waals surface area contributed by atoms with E-state index in [0.29, 0.717) is 29.6 Å². The van der Waals surface area contributed by atoms with E-state index in [4.69, 9.17) is 10.5 Å². The number of benzene rings is 2. The van der Waals surface area contributed by atoms with E-state index in [1.165, 1.54) is 12.1 Å². The Balaban J connectivity index is 1.97. The second-order valence-corrected chi connectivity index (χ2v) is 5.03. The summed E-state index contributed by atoms with van der Waals surface area (Å²) in [6.07, 6.45) is 0. The number of nitrogens with two attached hydrogens (primary N) is 1. The van der Waals surface area contributed by atoms with Crippen LogP contribution in [0.1, 0.15) is 11.3 Å².